The van der Waals surface area contributed by atoms with Crippen LogP contribution in [0.5, 0.6) is 0 Å². The van der Waals surface area contributed by atoms with Gasteiger partial charge in [-0.05, 0) is 68.1 Å². The molecule has 0 unspecified atom stereocenters. The molecule has 0 spiro atoms. The maximum atomic E-state index is 5.20. The summed E-state index contributed by atoms with van der Waals surface area (Å²) in [4.78, 5) is 18.9. The van der Waals surface area contributed by atoms with Crippen molar-refractivity contribution in [1.82, 2.24) is 19.9 Å². The summed E-state index contributed by atoms with van der Waals surface area (Å²) in [5.74, 6) is 0.708. The molecule has 6 aromatic carbocycles. The average molecular weight is 587 g/mol. The van der Waals surface area contributed by atoms with Crippen LogP contribution in [0.3, 0.4) is 0 Å². The van der Waals surface area contributed by atoms with Crippen molar-refractivity contribution in [1.29, 1.82) is 0 Å². The quantitative estimate of drug-likeness (QED) is 0.152. The molecule has 0 aliphatic carbocycles. The van der Waals surface area contributed by atoms with Crippen molar-refractivity contribution in [2.75, 3.05) is 0 Å². The minimum atomic E-state index is 0.708. The van der Waals surface area contributed by atoms with E-state index in [2.05, 4.69) is 125 Å². The van der Waals surface area contributed by atoms with Gasteiger partial charge in [0.05, 0.1) is 16.7 Å². The molecule has 0 amide bonds. The molecule has 3 heterocycles. The van der Waals surface area contributed by atoms with Gasteiger partial charge in [0.2, 0.25) is 0 Å². The highest BCUT2D eigenvalue weighted by Crippen LogP contribution is 2.46. The van der Waals surface area contributed by atoms with Gasteiger partial charge in [-0.2, -0.15) is 0 Å². The summed E-state index contributed by atoms with van der Waals surface area (Å²) in [7, 11) is 0. The smallest absolute Gasteiger partial charge is 0.159 e. The minimum Gasteiger partial charge on any atom is -0.254 e. The molecule has 4 nitrogen and oxygen atoms in total. The van der Waals surface area contributed by atoms with Crippen molar-refractivity contribution in [3.05, 3.63) is 158 Å². The number of fused-ring (bicyclic) bond motifs is 5. The Morgan fingerprint density at radius 3 is 1.65 bits per heavy atom. The van der Waals surface area contributed by atoms with Gasteiger partial charge in [0.15, 0.2) is 5.82 Å². The lowest BCUT2D eigenvalue weighted by molar-refractivity contribution is 1.18. The normalized spacial score (nSPS) is 11.5. The van der Waals surface area contributed by atoms with E-state index in [0.29, 0.717) is 5.82 Å². The third-order valence-corrected chi connectivity index (χ3v) is 8.82. The van der Waals surface area contributed by atoms with E-state index in [0.717, 1.165) is 44.2 Å². The fourth-order valence-corrected chi connectivity index (χ4v) is 6.76. The number of rotatable bonds is 4. The summed E-state index contributed by atoms with van der Waals surface area (Å²) in [6, 6.07) is 49.1. The summed E-state index contributed by atoms with van der Waals surface area (Å²) in [6.45, 7) is 0. The molecule has 214 valence electrons. The van der Waals surface area contributed by atoms with Crippen molar-refractivity contribution in [3.8, 4) is 44.9 Å². The number of hydrogen-bond acceptors (Lipinski definition) is 4. The molecule has 46 heavy (non-hydrogen) atoms. The van der Waals surface area contributed by atoms with Crippen LogP contribution >= 0.6 is 0 Å². The molecular weight excluding hydrogens is 560 g/mol. The van der Waals surface area contributed by atoms with Crippen LogP contribution in [0, 0.1) is 0 Å². The predicted molar refractivity (Wildman–Crippen MR) is 189 cm³/mol. The van der Waals surface area contributed by atoms with E-state index >= 15 is 0 Å². The highest BCUT2D eigenvalue weighted by molar-refractivity contribution is 6.25. The SMILES string of the molecule is c1ccc(-c2c3ccccc3c(-c3cc4ccc(-c5ccc(-c6ncccn6)cc5)nc4c4ncccc34)c3ccccc23)cc1. The van der Waals surface area contributed by atoms with Crippen LogP contribution in [0.25, 0.3) is 88.2 Å². The Labute approximate surface area is 265 Å². The molecule has 9 rings (SSSR count). The van der Waals surface area contributed by atoms with Crippen LogP contribution < -0.4 is 0 Å². The van der Waals surface area contributed by atoms with E-state index in [1.807, 2.05) is 30.5 Å². The second kappa shape index (κ2) is 10.7. The van der Waals surface area contributed by atoms with Crippen molar-refractivity contribution < 1.29 is 0 Å². The molecule has 0 fully saturated rings. The highest BCUT2D eigenvalue weighted by Gasteiger charge is 2.19. The molecule has 0 N–H and O–H groups in total. The molecule has 9 aromatic rings. The second-order valence-electron chi connectivity index (χ2n) is 11.4. The molecule has 0 saturated carbocycles. The number of pyridine rings is 2. The summed E-state index contributed by atoms with van der Waals surface area (Å²) in [5.41, 5.74) is 9.53. The fraction of sp³-hybridized carbons (Fsp3) is 0. The average Bonchev–Trinajstić information content (AvgIpc) is 3.14. The van der Waals surface area contributed by atoms with Gasteiger partial charge in [0.1, 0.15) is 0 Å². The Bertz CT molecular complexity index is 2500. The maximum Gasteiger partial charge on any atom is 0.159 e. The zero-order valence-electron chi connectivity index (χ0n) is 24.8. The van der Waals surface area contributed by atoms with Gasteiger partial charge in [-0.15, -0.1) is 0 Å². The lowest BCUT2D eigenvalue weighted by Crippen LogP contribution is -1.94. The molecule has 0 atom stereocenters. The maximum absolute atomic E-state index is 5.20. The molecule has 0 saturated heterocycles. The first-order chi connectivity index (χ1) is 22.8. The lowest BCUT2D eigenvalue weighted by atomic mass is 9.84. The van der Waals surface area contributed by atoms with Gasteiger partial charge >= 0.3 is 0 Å². The highest BCUT2D eigenvalue weighted by atomic mass is 14.8. The van der Waals surface area contributed by atoms with Crippen LogP contribution in [0.15, 0.2) is 158 Å². The van der Waals surface area contributed by atoms with Gasteiger partial charge in [-0.25, -0.2) is 15.0 Å². The number of hydrogen-bond donors (Lipinski definition) is 0. The minimum absolute atomic E-state index is 0.708. The molecule has 0 bridgehead atoms. The first-order valence-electron chi connectivity index (χ1n) is 15.4. The Morgan fingerprint density at radius 1 is 0.370 bits per heavy atom. The summed E-state index contributed by atoms with van der Waals surface area (Å²) < 4.78 is 0. The van der Waals surface area contributed by atoms with Gasteiger partial charge in [-0.3, -0.25) is 4.98 Å². The molecule has 3 aromatic heterocycles. The second-order valence-corrected chi connectivity index (χ2v) is 11.4. The summed E-state index contributed by atoms with van der Waals surface area (Å²) in [6.07, 6.45) is 5.39. The van der Waals surface area contributed by atoms with E-state index in [4.69, 9.17) is 9.97 Å². The number of nitrogens with zero attached hydrogens (tertiary/aromatic N) is 4. The van der Waals surface area contributed by atoms with E-state index < -0.39 is 0 Å². The summed E-state index contributed by atoms with van der Waals surface area (Å²) in [5, 5.41) is 7.04. The molecular formula is C42H26N4. The van der Waals surface area contributed by atoms with Gasteiger partial charge in [0, 0.05) is 40.5 Å². The van der Waals surface area contributed by atoms with Crippen LogP contribution in [0.2, 0.25) is 0 Å². The van der Waals surface area contributed by atoms with E-state index in [1.54, 1.807) is 12.4 Å². The lowest BCUT2D eigenvalue weighted by Gasteiger charge is -2.19. The standard InChI is InChI=1S/C42H26N4/c1-2-10-28(11-3-1)38-31-12-4-6-14-33(31)39(34-15-7-5-13-32(34)38)36-26-30-21-22-37(46-40(30)41-35(36)16-8-23-43-41)27-17-19-29(20-18-27)42-44-24-9-25-45-42/h1-26H. The zero-order valence-corrected chi connectivity index (χ0v) is 24.8. The predicted octanol–water partition coefficient (Wildman–Crippen LogP) is 10.5. The van der Waals surface area contributed by atoms with Crippen LogP contribution in [0.1, 0.15) is 0 Å². The zero-order chi connectivity index (χ0) is 30.5. The molecule has 0 radical (unpaired) electrons. The first-order valence-corrected chi connectivity index (χ1v) is 15.4. The fourth-order valence-electron chi connectivity index (χ4n) is 6.76. The third-order valence-electron chi connectivity index (χ3n) is 8.82. The summed E-state index contributed by atoms with van der Waals surface area (Å²) >= 11 is 0. The monoisotopic (exact) mass is 586 g/mol. The Morgan fingerprint density at radius 2 is 0.957 bits per heavy atom. The van der Waals surface area contributed by atoms with E-state index in [-0.39, 0.29) is 0 Å². The number of benzene rings is 6. The van der Waals surface area contributed by atoms with Gasteiger partial charge in [0.25, 0.3) is 0 Å². The molecule has 0 aliphatic heterocycles. The van der Waals surface area contributed by atoms with Gasteiger partial charge < -0.3 is 0 Å². The van der Waals surface area contributed by atoms with Crippen molar-refractivity contribution >= 4 is 43.4 Å². The Kier molecular flexibility index (Phi) is 6.10. The van der Waals surface area contributed by atoms with Crippen LogP contribution in [0.4, 0.5) is 0 Å². The van der Waals surface area contributed by atoms with Gasteiger partial charge in [-0.1, -0.05) is 115 Å². The first kappa shape index (κ1) is 26.2. The molecule has 4 heteroatoms. The Hall–Kier alpha value is -6.26. The van der Waals surface area contributed by atoms with Crippen LogP contribution in [-0.4, -0.2) is 19.9 Å². The van der Waals surface area contributed by atoms with Crippen molar-refractivity contribution in [2.24, 2.45) is 0 Å². The van der Waals surface area contributed by atoms with E-state index in [9.17, 15) is 0 Å². The van der Waals surface area contributed by atoms with Crippen molar-refractivity contribution in [3.63, 3.8) is 0 Å². The third kappa shape index (κ3) is 4.23. The van der Waals surface area contributed by atoms with E-state index in [1.165, 1.54) is 38.2 Å². The van der Waals surface area contributed by atoms with Crippen LogP contribution in [-0.2, 0) is 0 Å². The molecule has 0 aliphatic rings. The topological polar surface area (TPSA) is 51.6 Å². The Balaban J connectivity index is 1.28. The number of aromatic nitrogens is 4. The van der Waals surface area contributed by atoms with Crippen molar-refractivity contribution in [2.45, 2.75) is 0 Å². The largest absolute Gasteiger partial charge is 0.254 e.